The molecule has 1 saturated heterocycles. The third kappa shape index (κ3) is 3.17. The lowest BCUT2D eigenvalue weighted by Crippen LogP contribution is -2.47. The molecule has 2 N–H and O–H groups in total. The molecule has 0 radical (unpaired) electrons. The highest BCUT2D eigenvalue weighted by molar-refractivity contribution is 6.09. The zero-order valence-electron chi connectivity index (χ0n) is 17.2. The number of benzene rings is 2. The fourth-order valence-electron chi connectivity index (χ4n) is 4.67. The average Bonchev–Trinajstić information content (AvgIpc) is 3.30. The zero-order chi connectivity index (χ0) is 21.6. The van der Waals surface area contributed by atoms with Crippen molar-refractivity contribution in [2.75, 3.05) is 6.54 Å². The highest BCUT2D eigenvalue weighted by atomic mass is 16.3. The number of nitrogens with one attached hydrogen (secondary N) is 2. The number of rotatable bonds is 4. The van der Waals surface area contributed by atoms with Gasteiger partial charge in [-0.1, -0.05) is 42.5 Å². The van der Waals surface area contributed by atoms with E-state index in [1.807, 2.05) is 54.6 Å². The van der Waals surface area contributed by atoms with Gasteiger partial charge in [0.25, 0.3) is 5.91 Å². The number of hydrogen-bond donors (Lipinski definition) is 2. The lowest BCUT2D eigenvalue weighted by molar-refractivity contribution is -0.135. The summed E-state index contributed by atoms with van der Waals surface area (Å²) >= 11 is 0. The Morgan fingerprint density at radius 1 is 1.19 bits per heavy atom. The van der Waals surface area contributed by atoms with E-state index in [1.165, 1.54) is 0 Å². The maximum absolute atomic E-state index is 13.3. The lowest BCUT2D eigenvalue weighted by atomic mass is 9.76. The van der Waals surface area contributed by atoms with Crippen molar-refractivity contribution < 1.29 is 18.8 Å². The summed E-state index contributed by atoms with van der Waals surface area (Å²) in [7, 11) is 0. The molecule has 2 heterocycles. The van der Waals surface area contributed by atoms with Gasteiger partial charge in [0, 0.05) is 5.39 Å². The quantitative estimate of drug-likeness (QED) is 0.637. The molecule has 1 aromatic heterocycles. The van der Waals surface area contributed by atoms with Gasteiger partial charge in [-0.15, -0.1) is 0 Å². The standard InChI is InChI=1S/C24H23N3O4/c1-15(20-13-17-8-3-5-11-19(17)31-20)25-21(28)14-27-22(29)24(26-23(27)30)12-6-9-16-7-2-4-10-18(16)24/h2-5,7-8,10-11,13,15H,6,9,12,14H2,1H3,(H,25,28)(H,26,30)/t15-,24+/m0/s1. The molecule has 158 valence electrons. The van der Waals surface area contributed by atoms with Crippen molar-refractivity contribution in [2.24, 2.45) is 0 Å². The van der Waals surface area contributed by atoms with Crippen molar-refractivity contribution in [2.45, 2.75) is 37.8 Å². The Hall–Kier alpha value is -3.61. The van der Waals surface area contributed by atoms with Crippen LogP contribution in [0.25, 0.3) is 11.0 Å². The van der Waals surface area contributed by atoms with Gasteiger partial charge in [-0.25, -0.2) is 4.79 Å². The molecule has 2 aliphatic rings. The van der Waals surface area contributed by atoms with Gasteiger partial charge in [-0.3, -0.25) is 14.5 Å². The van der Waals surface area contributed by atoms with Gasteiger partial charge in [0.1, 0.15) is 23.4 Å². The Morgan fingerprint density at radius 3 is 2.81 bits per heavy atom. The van der Waals surface area contributed by atoms with Crippen molar-refractivity contribution >= 4 is 28.8 Å². The molecular weight excluding hydrogens is 394 g/mol. The summed E-state index contributed by atoms with van der Waals surface area (Å²) in [6, 6.07) is 16.2. The number of imide groups is 1. The fourth-order valence-corrected chi connectivity index (χ4v) is 4.67. The minimum atomic E-state index is -1.07. The first-order chi connectivity index (χ1) is 15.0. The van der Waals surface area contributed by atoms with Crippen LogP contribution in [0.3, 0.4) is 0 Å². The summed E-state index contributed by atoms with van der Waals surface area (Å²) in [6.07, 6.45) is 2.20. The second-order valence-corrected chi connectivity index (χ2v) is 8.21. The van der Waals surface area contributed by atoms with E-state index < -0.39 is 23.5 Å². The number of nitrogens with zero attached hydrogens (tertiary/aromatic N) is 1. The van der Waals surface area contributed by atoms with Crippen LogP contribution in [0.2, 0.25) is 0 Å². The van der Waals surface area contributed by atoms with E-state index in [0.29, 0.717) is 12.2 Å². The first-order valence-corrected chi connectivity index (χ1v) is 10.5. The molecular formula is C24H23N3O4. The fraction of sp³-hybridized carbons (Fsp3) is 0.292. The van der Waals surface area contributed by atoms with Gasteiger partial charge in [0.05, 0.1) is 6.04 Å². The molecule has 0 unspecified atom stereocenters. The Bertz CT molecular complexity index is 1170. The van der Waals surface area contributed by atoms with Gasteiger partial charge in [0.2, 0.25) is 5.91 Å². The number of para-hydroxylation sites is 1. The third-order valence-corrected chi connectivity index (χ3v) is 6.20. The highest BCUT2D eigenvalue weighted by Gasteiger charge is 2.54. The van der Waals surface area contributed by atoms with Crippen LogP contribution in [0.1, 0.15) is 42.7 Å². The highest BCUT2D eigenvalue weighted by Crippen LogP contribution is 2.39. The van der Waals surface area contributed by atoms with E-state index >= 15 is 0 Å². The van der Waals surface area contributed by atoms with Gasteiger partial charge >= 0.3 is 6.03 Å². The molecule has 1 aliphatic carbocycles. The first kappa shape index (κ1) is 19.4. The number of aryl methyl sites for hydroxylation is 1. The van der Waals surface area contributed by atoms with Crippen LogP contribution in [0.15, 0.2) is 59.0 Å². The van der Waals surface area contributed by atoms with E-state index in [4.69, 9.17) is 4.42 Å². The van der Waals surface area contributed by atoms with Crippen molar-refractivity contribution in [3.05, 3.63) is 71.5 Å². The molecule has 4 amide bonds. The monoisotopic (exact) mass is 417 g/mol. The number of furan rings is 1. The predicted molar refractivity (Wildman–Crippen MR) is 114 cm³/mol. The minimum Gasteiger partial charge on any atom is -0.459 e. The van der Waals surface area contributed by atoms with Crippen LogP contribution in [-0.2, 0) is 21.5 Å². The van der Waals surface area contributed by atoms with Crippen LogP contribution in [-0.4, -0.2) is 29.3 Å². The van der Waals surface area contributed by atoms with E-state index in [0.717, 1.165) is 39.8 Å². The van der Waals surface area contributed by atoms with E-state index in [9.17, 15) is 14.4 Å². The second-order valence-electron chi connectivity index (χ2n) is 8.21. The summed E-state index contributed by atoms with van der Waals surface area (Å²) in [5.74, 6) is -0.168. The van der Waals surface area contributed by atoms with E-state index in [2.05, 4.69) is 10.6 Å². The average molecular weight is 417 g/mol. The van der Waals surface area contributed by atoms with Gasteiger partial charge in [0.15, 0.2) is 0 Å². The number of urea groups is 1. The Labute approximate surface area is 179 Å². The van der Waals surface area contributed by atoms with Crippen LogP contribution in [0, 0.1) is 0 Å². The summed E-state index contributed by atoms with van der Waals surface area (Å²) in [4.78, 5) is 39.7. The second kappa shape index (κ2) is 7.27. The zero-order valence-corrected chi connectivity index (χ0v) is 17.2. The molecule has 7 heteroatoms. The van der Waals surface area contributed by atoms with E-state index in [-0.39, 0.29) is 12.5 Å². The minimum absolute atomic E-state index is 0.334. The number of carbonyl (C=O) groups is 3. The summed E-state index contributed by atoms with van der Waals surface area (Å²) in [5.41, 5.74) is 1.56. The smallest absolute Gasteiger partial charge is 0.325 e. The molecule has 5 rings (SSSR count). The number of fused-ring (bicyclic) bond motifs is 3. The molecule has 3 aromatic rings. The normalized spacial score (nSPS) is 21.3. The molecule has 2 aromatic carbocycles. The van der Waals surface area contributed by atoms with E-state index in [1.54, 1.807) is 6.92 Å². The molecule has 0 bridgehead atoms. The van der Waals surface area contributed by atoms with Gasteiger partial charge < -0.3 is 15.1 Å². The number of amides is 4. The maximum atomic E-state index is 13.3. The first-order valence-electron chi connectivity index (χ1n) is 10.5. The SMILES string of the molecule is C[C@H](NC(=O)CN1C(=O)N[C@@]2(CCCc3ccccc32)C1=O)c1cc2ccccc2o1. The molecule has 1 aliphatic heterocycles. The Kier molecular flexibility index (Phi) is 4.54. The molecule has 1 spiro atoms. The maximum Gasteiger partial charge on any atom is 0.325 e. The van der Waals surface area contributed by atoms with Crippen molar-refractivity contribution in [1.29, 1.82) is 0 Å². The van der Waals surface area contributed by atoms with Crippen molar-refractivity contribution in [3.63, 3.8) is 0 Å². The number of hydrogen-bond acceptors (Lipinski definition) is 4. The molecule has 1 fully saturated rings. The van der Waals surface area contributed by atoms with Crippen molar-refractivity contribution in [3.8, 4) is 0 Å². The topological polar surface area (TPSA) is 91.7 Å². The summed E-state index contributed by atoms with van der Waals surface area (Å²) in [5, 5.41) is 6.65. The predicted octanol–water partition coefficient (Wildman–Crippen LogP) is 3.39. The van der Waals surface area contributed by atoms with Gasteiger partial charge in [-0.2, -0.15) is 0 Å². The van der Waals surface area contributed by atoms with Crippen LogP contribution >= 0.6 is 0 Å². The Balaban J connectivity index is 1.32. The molecule has 0 saturated carbocycles. The lowest BCUT2D eigenvalue weighted by Gasteiger charge is -2.33. The van der Waals surface area contributed by atoms with Crippen LogP contribution in [0.5, 0.6) is 0 Å². The molecule has 31 heavy (non-hydrogen) atoms. The third-order valence-electron chi connectivity index (χ3n) is 6.20. The molecule has 2 atom stereocenters. The Morgan fingerprint density at radius 2 is 1.97 bits per heavy atom. The van der Waals surface area contributed by atoms with Crippen LogP contribution < -0.4 is 10.6 Å². The number of carbonyl (C=O) groups excluding carboxylic acids is 3. The molecule has 7 nitrogen and oxygen atoms in total. The van der Waals surface area contributed by atoms with Gasteiger partial charge in [-0.05, 0) is 49.4 Å². The summed E-state index contributed by atoms with van der Waals surface area (Å²) < 4.78 is 5.80. The van der Waals surface area contributed by atoms with Crippen molar-refractivity contribution in [1.82, 2.24) is 15.5 Å². The summed E-state index contributed by atoms with van der Waals surface area (Å²) in [6.45, 7) is 1.47. The van der Waals surface area contributed by atoms with Crippen LogP contribution in [0.4, 0.5) is 4.79 Å². The largest absolute Gasteiger partial charge is 0.459 e.